The molecule has 0 aliphatic heterocycles. The van der Waals surface area contributed by atoms with Gasteiger partial charge in [0.15, 0.2) is 0 Å². The Morgan fingerprint density at radius 2 is 2.04 bits per heavy atom. The van der Waals surface area contributed by atoms with Crippen LogP contribution in [0.4, 0.5) is 24.5 Å². The van der Waals surface area contributed by atoms with Gasteiger partial charge in [-0.15, -0.1) is 19.8 Å². The first kappa shape index (κ1) is 20.3. The number of ether oxygens (including phenoxy) is 1. The van der Waals surface area contributed by atoms with Crippen molar-refractivity contribution < 1.29 is 22.7 Å². The zero-order valence-electron chi connectivity index (χ0n) is 13.9. The van der Waals surface area contributed by atoms with E-state index in [0.29, 0.717) is 22.0 Å². The van der Waals surface area contributed by atoms with Gasteiger partial charge in [0.2, 0.25) is 0 Å². The Hall–Kier alpha value is -3.00. The van der Waals surface area contributed by atoms with Crippen LogP contribution in [-0.2, 0) is 11.2 Å². The third-order valence-corrected chi connectivity index (χ3v) is 3.37. The smallest absolute Gasteiger partial charge is 0.406 e. The van der Waals surface area contributed by atoms with Crippen molar-refractivity contribution in [2.45, 2.75) is 12.8 Å². The zero-order valence-corrected chi connectivity index (χ0v) is 14.6. The maximum absolute atomic E-state index is 12.3. The van der Waals surface area contributed by atoms with Crippen LogP contribution in [0, 0.1) is 0 Å². The first-order valence-electron chi connectivity index (χ1n) is 7.62. The summed E-state index contributed by atoms with van der Waals surface area (Å²) in [5.41, 5.74) is 3.97. The van der Waals surface area contributed by atoms with E-state index in [1.54, 1.807) is 24.3 Å². The Balaban J connectivity index is 2.05. The molecule has 0 heterocycles. The van der Waals surface area contributed by atoms with Crippen molar-refractivity contribution in [2.24, 2.45) is 5.10 Å². The maximum Gasteiger partial charge on any atom is 0.573 e. The largest absolute Gasteiger partial charge is 0.573 e. The van der Waals surface area contributed by atoms with Gasteiger partial charge in [-0.3, -0.25) is 10.2 Å². The zero-order chi connectivity index (χ0) is 19.9. The number of rotatable bonds is 7. The molecule has 1 amide bonds. The van der Waals surface area contributed by atoms with Crippen molar-refractivity contribution >= 4 is 35.1 Å². The molecule has 2 aromatic carbocycles. The van der Waals surface area contributed by atoms with Crippen LogP contribution in [0.25, 0.3) is 0 Å². The third kappa shape index (κ3) is 7.02. The number of allylic oxidation sites excluding steroid dienone is 1. The Labute approximate surface area is 158 Å². The molecule has 0 spiro atoms. The van der Waals surface area contributed by atoms with E-state index in [2.05, 4.69) is 27.2 Å². The number of nitrogens with one attached hydrogen (secondary N) is 2. The Bertz CT molecular complexity index is 854. The van der Waals surface area contributed by atoms with Crippen LogP contribution in [0.5, 0.6) is 5.75 Å². The van der Waals surface area contributed by atoms with Gasteiger partial charge in [0.1, 0.15) is 12.0 Å². The molecule has 0 aromatic heterocycles. The summed E-state index contributed by atoms with van der Waals surface area (Å²) >= 11 is 5.83. The van der Waals surface area contributed by atoms with Gasteiger partial charge >= 0.3 is 6.36 Å². The second-order valence-electron chi connectivity index (χ2n) is 5.23. The van der Waals surface area contributed by atoms with Crippen molar-refractivity contribution in [1.29, 1.82) is 0 Å². The molecule has 5 nitrogen and oxygen atoms in total. The summed E-state index contributed by atoms with van der Waals surface area (Å²) in [6.45, 7) is 3.55. The minimum Gasteiger partial charge on any atom is -0.406 e. The van der Waals surface area contributed by atoms with Gasteiger partial charge < -0.3 is 10.1 Å². The topological polar surface area (TPSA) is 62.7 Å². The minimum atomic E-state index is -4.80. The number of carbonyl (C=O) groups is 1. The highest BCUT2D eigenvalue weighted by atomic mass is 35.5. The molecule has 0 saturated heterocycles. The molecule has 142 valence electrons. The van der Waals surface area contributed by atoms with Gasteiger partial charge in [0, 0.05) is 10.7 Å². The number of hydrazone groups is 1. The van der Waals surface area contributed by atoms with E-state index >= 15 is 0 Å². The second-order valence-corrected chi connectivity index (χ2v) is 5.67. The summed E-state index contributed by atoms with van der Waals surface area (Å²) in [4.78, 5) is 12.0. The van der Waals surface area contributed by atoms with Gasteiger partial charge in [-0.2, -0.15) is 5.10 Å². The summed E-state index contributed by atoms with van der Waals surface area (Å²) in [6.07, 6.45) is -2.06. The molecular weight excluding hydrogens is 383 g/mol. The lowest BCUT2D eigenvalue weighted by molar-refractivity contribution is -0.274. The number of alkyl halides is 3. The summed E-state index contributed by atoms with van der Waals surface area (Å²) in [5.74, 6) is -0.951. The van der Waals surface area contributed by atoms with E-state index in [0.717, 1.165) is 12.3 Å². The molecule has 0 bridgehead atoms. The molecule has 0 aliphatic rings. The van der Waals surface area contributed by atoms with Crippen LogP contribution in [0.3, 0.4) is 0 Å². The number of anilines is 2. The lowest BCUT2D eigenvalue weighted by Gasteiger charge is -2.13. The Morgan fingerprint density at radius 1 is 1.26 bits per heavy atom. The van der Waals surface area contributed by atoms with Gasteiger partial charge in [0.25, 0.3) is 5.91 Å². The molecule has 2 aromatic rings. The van der Waals surface area contributed by atoms with E-state index < -0.39 is 12.3 Å². The molecule has 0 unspecified atom stereocenters. The average molecular weight is 398 g/mol. The van der Waals surface area contributed by atoms with E-state index in [1.807, 2.05) is 0 Å². The fourth-order valence-corrected chi connectivity index (χ4v) is 2.29. The average Bonchev–Trinajstić information content (AvgIpc) is 2.56. The maximum atomic E-state index is 12.3. The highest BCUT2D eigenvalue weighted by Gasteiger charge is 2.31. The van der Waals surface area contributed by atoms with Crippen LogP contribution in [0.1, 0.15) is 5.56 Å². The van der Waals surface area contributed by atoms with Gasteiger partial charge in [0.05, 0.1) is 5.69 Å². The number of halogens is 4. The summed E-state index contributed by atoms with van der Waals surface area (Å²) < 4.78 is 40.9. The molecule has 0 fully saturated rings. The minimum absolute atomic E-state index is 0.239. The van der Waals surface area contributed by atoms with Crippen molar-refractivity contribution in [3.8, 4) is 5.75 Å². The predicted molar refractivity (Wildman–Crippen MR) is 99.2 cm³/mol. The van der Waals surface area contributed by atoms with Crippen LogP contribution < -0.4 is 15.5 Å². The number of amides is 1. The molecule has 9 heteroatoms. The summed E-state index contributed by atoms with van der Waals surface area (Å²) in [5, 5.41) is 6.83. The number of nitrogens with zero attached hydrogens (tertiary/aromatic N) is 1. The van der Waals surface area contributed by atoms with Gasteiger partial charge in [-0.25, -0.2) is 0 Å². The van der Waals surface area contributed by atoms with Crippen molar-refractivity contribution in [2.75, 3.05) is 10.7 Å². The number of hydrogen-bond acceptors (Lipinski definition) is 4. The Morgan fingerprint density at radius 3 is 2.70 bits per heavy atom. The first-order chi connectivity index (χ1) is 12.8. The van der Waals surface area contributed by atoms with Crippen LogP contribution in [-0.4, -0.2) is 18.5 Å². The number of hydrogen-bond donors (Lipinski definition) is 2. The Kier molecular flexibility index (Phi) is 6.84. The van der Waals surface area contributed by atoms with Crippen LogP contribution in [0.2, 0.25) is 5.02 Å². The lowest BCUT2D eigenvalue weighted by atomic mass is 10.1. The number of benzene rings is 2. The predicted octanol–water partition coefficient (Wildman–Crippen LogP) is 5.00. The summed E-state index contributed by atoms with van der Waals surface area (Å²) in [7, 11) is 0. The van der Waals surface area contributed by atoms with Crippen molar-refractivity contribution in [1.82, 2.24) is 0 Å². The normalized spacial score (nSPS) is 11.3. The molecule has 0 saturated carbocycles. The molecule has 2 N–H and O–H groups in total. The molecule has 27 heavy (non-hydrogen) atoms. The van der Waals surface area contributed by atoms with Gasteiger partial charge in [-0.05, 0) is 48.4 Å². The SMILES string of the molecule is C=CCc1cc(OC(F)(F)F)ccc1NC(=O)/C=N/Nc1cccc(Cl)c1. The van der Waals surface area contributed by atoms with Crippen molar-refractivity contribution in [3.05, 3.63) is 65.7 Å². The quantitative estimate of drug-likeness (QED) is 0.392. The molecule has 0 aliphatic carbocycles. The summed E-state index contributed by atoms with van der Waals surface area (Å²) in [6, 6.07) is 10.4. The molecular formula is C18H15ClF3N3O2. The molecule has 0 radical (unpaired) electrons. The second kappa shape index (κ2) is 9.09. The fourth-order valence-electron chi connectivity index (χ4n) is 2.10. The van der Waals surface area contributed by atoms with E-state index in [4.69, 9.17) is 11.6 Å². The van der Waals surface area contributed by atoms with Gasteiger partial charge in [-0.1, -0.05) is 23.7 Å². The monoisotopic (exact) mass is 397 g/mol. The number of carbonyl (C=O) groups excluding carboxylic acids is 1. The molecule has 2 rings (SSSR count). The third-order valence-electron chi connectivity index (χ3n) is 3.13. The highest BCUT2D eigenvalue weighted by Crippen LogP contribution is 2.27. The fraction of sp³-hybridized carbons (Fsp3) is 0.111. The van der Waals surface area contributed by atoms with E-state index in [-0.39, 0.29) is 12.2 Å². The van der Waals surface area contributed by atoms with Crippen LogP contribution >= 0.6 is 11.6 Å². The standard InChI is InChI=1S/C18H15ClF3N3O2/c1-2-4-12-9-15(27-18(20,21)22)7-8-16(12)24-17(26)11-23-25-14-6-3-5-13(19)10-14/h2-3,5-11,25H,1,4H2,(H,24,26)/b23-11+. The van der Waals surface area contributed by atoms with E-state index in [1.165, 1.54) is 18.2 Å². The lowest BCUT2D eigenvalue weighted by Crippen LogP contribution is -2.18. The van der Waals surface area contributed by atoms with Crippen molar-refractivity contribution in [3.63, 3.8) is 0 Å². The molecule has 0 atom stereocenters. The highest BCUT2D eigenvalue weighted by molar-refractivity contribution is 6.32. The van der Waals surface area contributed by atoms with Crippen LogP contribution in [0.15, 0.2) is 60.2 Å². The van der Waals surface area contributed by atoms with E-state index in [9.17, 15) is 18.0 Å². The first-order valence-corrected chi connectivity index (χ1v) is 8.00.